The van der Waals surface area contributed by atoms with E-state index in [1.807, 2.05) is 60.7 Å². The molecule has 20 heavy (non-hydrogen) atoms. The second-order valence-corrected chi connectivity index (χ2v) is 5.89. The maximum absolute atomic E-state index is 5.90. The van der Waals surface area contributed by atoms with Gasteiger partial charge in [-0.05, 0) is 44.8 Å². The normalized spacial score (nSPS) is 11.1. The highest BCUT2D eigenvalue weighted by Gasteiger charge is 2.12. The number of ether oxygens (including phenoxy) is 2. The zero-order chi connectivity index (χ0) is 14.0. The average molecular weight is 309 g/mol. The topological polar surface area (TPSA) is 18.5 Å². The fourth-order valence-corrected chi connectivity index (χ4v) is 2.52. The molecule has 1 atom stereocenters. The molecule has 0 radical (unpaired) electrons. The quantitative estimate of drug-likeness (QED) is 0.384. The van der Waals surface area contributed by atoms with Crippen LogP contribution >= 0.6 is 19.2 Å². The lowest BCUT2D eigenvalue weighted by Gasteiger charge is -2.20. The predicted octanol–water partition coefficient (Wildman–Crippen LogP) is 5.08. The molecule has 2 aromatic rings. The Kier molecular flexibility index (Phi) is 6.70. The van der Waals surface area contributed by atoms with Gasteiger partial charge >= 0.3 is 0 Å². The van der Waals surface area contributed by atoms with E-state index in [2.05, 4.69) is 0 Å². The van der Waals surface area contributed by atoms with Gasteiger partial charge in [0.25, 0.3) is 0 Å². The first-order chi connectivity index (χ1) is 9.88. The molecule has 0 saturated heterocycles. The SMILES string of the molecule is ClPCCCC(Oc1ccccc1)Oc1ccccc1. The van der Waals surface area contributed by atoms with Crippen LogP contribution < -0.4 is 9.47 Å². The summed E-state index contributed by atoms with van der Waals surface area (Å²) in [6, 6.07) is 19.5. The molecule has 2 aromatic carbocycles. The van der Waals surface area contributed by atoms with Crippen molar-refractivity contribution in [3.05, 3.63) is 60.7 Å². The van der Waals surface area contributed by atoms with Crippen molar-refractivity contribution in [3.8, 4) is 11.5 Å². The molecule has 106 valence electrons. The van der Waals surface area contributed by atoms with Gasteiger partial charge in [0.05, 0.1) is 0 Å². The summed E-state index contributed by atoms with van der Waals surface area (Å²) < 4.78 is 11.8. The molecule has 0 aliphatic carbocycles. The zero-order valence-corrected chi connectivity index (χ0v) is 12.9. The largest absolute Gasteiger partial charge is 0.455 e. The summed E-state index contributed by atoms with van der Waals surface area (Å²) in [6.45, 7) is 0. The summed E-state index contributed by atoms with van der Waals surface area (Å²) in [5, 5.41) is 0. The summed E-state index contributed by atoms with van der Waals surface area (Å²) in [5.41, 5.74) is 0. The lowest BCUT2D eigenvalue weighted by Crippen LogP contribution is -2.24. The maximum Gasteiger partial charge on any atom is 0.241 e. The van der Waals surface area contributed by atoms with Gasteiger partial charge in [-0.15, -0.1) is 11.2 Å². The van der Waals surface area contributed by atoms with E-state index in [4.69, 9.17) is 20.7 Å². The Balaban J connectivity index is 1.96. The minimum atomic E-state index is -0.284. The van der Waals surface area contributed by atoms with Crippen molar-refractivity contribution in [2.24, 2.45) is 0 Å². The molecule has 0 bridgehead atoms. The van der Waals surface area contributed by atoms with E-state index in [-0.39, 0.29) is 6.29 Å². The van der Waals surface area contributed by atoms with E-state index < -0.39 is 0 Å². The Morgan fingerprint density at radius 2 is 1.35 bits per heavy atom. The fourth-order valence-electron chi connectivity index (χ4n) is 1.78. The first-order valence-electron chi connectivity index (χ1n) is 6.65. The molecule has 0 spiro atoms. The molecule has 1 unspecified atom stereocenters. The van der Waals surface area contributed by atoms with Crippen LogP contribution in [0.5, 0.6) is 11.5 Å². The molecule has 0 N–H and O–H groups in total. The number of rotatable bonds is 8. The molecule has 0 aromatic heterocycles. The minimum Gasteiger partial charge on any atom is -0.455 e. The Morgan fingerprint density at radius 3 is 1.80 bits per heavy atom. The molecule has 0 aliphatic rings. The van der Waals surface area contributed by atoms with E-state index in [1.165, 1.54) is 0 Å². The highest BCUT2D eigenvalue weighted by Crippen LogP contribution is 2.21. The van der Waals surface area contributed by atoms with Gasteiger partial charge in [-0.2, -0.15) is 0 Å². The van der Waals surface area contributed by atoms with Crippen LogP contribution in [0.2, 0.25) is 0 Å². The van der Waals surface area contributed by atoms with Gasteiger partial charge in [0.2, 0.25) is 6.29 Å². The molecule has 0 saturated carbocycles. The number of benzene rings is 2. The second-order valence-electron chi connectivity index (χ2n) is 4.32. The third kappa shape index (κ3) is 5.40. The molecule has 0 fully saturated rings. The van der Waals surface area contributed by atoms with E-state index in [9.17, 15) is 0 Å². The molecule has 4 heteroatoms. The molecular weight excluding hydrogens is 291 g/mol. The standard InChI is InChI=1S/C16H18ClO2P/c17-20-13-7-12-16(18-14-8-3-1-4-9-14)19-15-10-5-2-6-11-15/h1-6,8-11,16,20H,7,12-13H2. The van der Waals surface area contributed by atoms with Gasteiger partial charge < -0.3 is 9.47 Å². The van der Waals surface area contributed by atoms with Gasteiger partial charge in [0.15, 0.2) is 0 Å². The molecule has 2 rings (SSSR count). The molecule has 0 amide bonds. The Bertz CT molecular complexity index is 437. The number of hydrogen-bond acceptors (Lipinski definition) is 2. The Labute approximate surface area is 126 Å². The molecular formula is C16H18ClO2P. The van der Waals surface area contributed by atoms with E-state index in [0.717, 1.165) is 30.5 Å². The lowest BCUT2D eigenvalue weighted by atomic mass is 10.3. The minimum absolute atomic E-state index is 0.284. The fraction of sp³-hybridized carbons (Fsp3) is 0.250. The van der Waals surface area contributed by atoms with Crippen LogP contribution in [0.3, 0.4) is 0 Å². The second kappa shape index (κ2) is 8.84. The summed E-state index contributed by atoms with van der Waals surface area (Å²) >= 11 is 5.75. The van der Waals surface area contributed by atoms with E-state index in [0.29, 0.717) is 7.93 Å². The number of para-hydroxylation sites is 2. The van der Waals surface area contributed by atoms with Crippen LogP contribution in [-0.4, -0.2) is 12.5 Å². The maximum atomic E-state index is 5.90. The summed E-state index contributed by atoms with van der Waals surface area (Å²) in [6.07, 6.45) is 2.53. The first-order valence-corrected chi connectivity index (χ1v) is 8.87. The van der Waals surface area contributed by atoms with Gasteiger partial charge in [-0.3, -0.25) is 0 Å². The van der Waals surface area contributed by atoms with Crippen LogP contribution in [0.25, 0.3) is 0 Å². The average Bonchev–Trinajstić information content (AvgIpc) is 2.49. The monoisotopic (exact) mass is 308 g/mol. The van der Waals surface area contributed by atoms with Crippen LogP contribution in [0, 0.1) is 0 Å². The van der Waals surface area contributed by atoms with Crippen molar-refractivity contribution in [1.82, 2.24) is 0 Å². The molecule has 2 nitrogen and oxygen atoms in total. The molecule has 0 heterocycles. The summed E-state index contributed by atoms with van der Waals surface area (Å²) in [5.74, 6) is 1.64. The first kappa shape index (κ1) is 15.2. The van der Waals surface area contributed by atoms with Gasteiger partial charge in [0, 0.05) is 6.42 Å². The van der Waals surface area contributed by atoms with Crippen molar-refractivity contribution in [3.63, 3.8) is 0 Å². The van der Waals surface area contributed by atoms with Crippen LogP contribution in [-0.2, 0) is 0 Å². The highest BCUT2D eigenvalue weighted by atomic mass is 35.7. The Hall–Kier alpha value is -1.24. The predicted molar refractivity (Wildman–Crippen MR) is 86.2 cm³/mol. The smallest absolute Gasteiger partial charge is 0.241 e. The Morgan fingerprint density at radius 1 is 0.850 bits per heavy atom. The van der Waals surface area contributed by atoms with Crippen LogP contribution in [0.15, 0.2) is 60.7 Å². The van der Waals surface area contributed by atoms with Crippen molar-refractivity contribution >= 4 is 19.2 Å². The van der Waals surface area contributed by atoms with Crippen LogP contribution in [0.4, 0.5) is 0 Å². The van der Waals surface area contributed by atoms with E-state index in [1.54, 1.807) is 0 Å². The zero-order valence-electron chi connectivity index (χ0n) is 11.2. The highest BCUT2D eigenvalue weighted by molar-refractivity contribution is 7.68. The van der Waals surface area contributed by atoms with Crippen molar-refractivity contribution in [2.45, 2.75) is 19.1 Å². The van der Waals surface area contributed by atoms with Gasteiger partial charge in [0.1, 0.15) is 11.5 Å². The summed E-state index contributed by atoms with van der Waals surface area (Å²) in [4.78, 5) is 0. The molecule has 0 aliphatic heterocycles. The van der Waals surface area contributed by atoms with Crippen LogP contribution in [0.1, 0.15) is 12.8 Å². The van der Waals surface area contributed by atoms with Crippen molar-refractivity contribution < 1.29 is 9.47 Å². The lowest BCUT2D eigenvalue weighted by molar-refractivity contribution is -0.000831. The van der Waals surface area contributed by atoms with E-state index >= 15 is 0 Å². The van der Waals surface area contributed by atoms with Crippen molar-refractivity contribution in [2.75, 3.05) is 6.16 Å². The third-order valence-electron chi connectivity index (χ3n) is 2.73. The van der Waals surface area contributed by atoms with Gasteiger partial charge in [-0.1, -0.05) is 36.4 Å². The number of halogens is 1. The summed E-state index contributed by atoms with van der Waals surface area (Å²) in [7, 11) is 0.454. The van der Waals surface area contributed by atoms with Gasteiger partial charge in [-0.25, -0.2) is 0 Å². The third-order valence-corrected chi connectivity index (χ3v) is 3.84. The number of hydrogen-bond donors (Lipinski definition) is 0. The van der Waals surface area contributed by atoms with Crippen molar-refractivity contribution in [1.29, 1.82) is 0 Å².